The van der Waals surface area contributed by atoms with Crippen LogP contribution in [0.5, 0.6) is 0 Å². The molecule has 1 fully saturated rings. The normalized spacial score (nSPS) is 17.9. The largest absolute Gasteiger partial charge is 0.389 e. The van der Waals surface area contributed by atoms with Crippen molar-refractivity contribution in [3.63, 3.8) is 0 Å². The third-order valence-corrected chi connectivity index (χ3v) is 3.87. The first-order chi connectivity index (χ1) is 9.09. The van der Waals surface area contributed by atoms with Crippen molar-refractivity contribution < 1.29 is 5.11 Å². The maximum atomic E-state index is 9.96. The number of hydrogen-bond donors (Lipinski definition) is 1. The molecular weight excluding hydrogens is 236 g/mol. The first-order valence-electron chi connectivity index (χ1n) is 7.49. The molecule has 0 radical (unpaired) electrons. The molecule has 0 aliphatic heterocycles. The van der Waals surface area contributed by atoms with Crippen molar-refractivity contribution in [3.8, 4) is 0 Å². The number of anilines is 1. The summed E-state index contributed by atoms with van der Waals surface area (Å²) in [6, 6.07) is 4.50. The van der Waals surface area contributed by atoms with Crippen LogP contribution in [0.2, 0.25) is 0 Å². The number of hydrogen-bond acceptors (Lipinski definition) is 3. The van der Waals surface area contributed by atoms with Gasteiger partial charge in [0.15, 0.2) is 0 Å². The third kappa shape index (κ3) is 3.47. The van der Waals surface area contributed by atoms with Gasteiger partial charge in [-0.3, -0.25) is 0 Å². The maximum absolute atomic E-state index is 9.96. The van der Waals surface area contributed by atoms with E-state index in [1.807, 2.05) is 25.3 Å². The number of aliphatic hydroxyl groups excluding tert-OH is 1. The Balaban J connectivity index is 2.31. The van der Waals surface area contributed by atoms with Crippen LogP contribution in [-0.4, -0.2) is 22.7 Å². The van der Waals surface area contributed by atoms with Crippen LogP contribution in [0.25, 0.3) is 0 Å². The van der Waals surface area contributed by atoms with E-state index in [0.717, 1.165) is 17.9 Å². The van der Waals surface area contributed by atoms with Gasteiger partial charge >= 0.3 is 0 Å². The van der Waals surface area contributed by atoms with E-state index in [2.05, 4.69) is 23.7 Å². The highest BCUT2D eigenvalue weighted by Crippen LogP contribution is 2.31. The standard InChI is InChI=1S/C16H26N2O/c1-12(2)11-18(14-7-4-5-8-14)16-15(13(3)19)9-6-10-17-16/h6,9-10,12-14,19H,4-5,7-8,11H2,1-3H3. The Morgan fingerprint density at radius 2 is 2.00 bits per heavy atom. The van der Waals surface area contributed by atoms with Crippen LogP contribution in [-0.2, 0) is 0 Å². The zero-order valence-electron chi connectivity index (χ0n) is 12.3. The molecule has 1 aliphatic carbocycles. The van der Waals surface area contributed by atoms with E-state index in [1.54, 1.807) is 0 Å². The van der Waals surface area contributed by atoms with E-state index >= 15 is 0 Å². The Morgan fingerprint density at radius 1 is 1.32 bits per heavy atom. The first kappa shape index (κ1) is 14.3. The Bertz CT molecular complexity index is 397. The van der Waals surface area contributed by atoms with Crippen molar-refractivity contribution in [1.29, 1.82) is 0 Å². The fourth-order valence-electron chi connectivity index (χ4n) is 2.99. The van der Waals surface area contributed by atoms with Crippen molar-refractivity contribution in [2.24, 2.45) is 5.92 Å². The first-order valence-corrected chi connectivity index (χ1v) is 7.49. The predicted octanol–water partition coefficient (Wildman–Crippen LogP) is 3.54. The summed E-state index contributed by atoms with van der Waals surface area (Å²) in [7, 11) is 0. The van der Waals surface area contributed by atoms with Gasteiger partial charge in [0.25, 0.3) is 0 Å². The lowest BCUT2D eigenvalue weighted by Gasteiger charge is -2.33. The highest BCUT2D eigenvalue weighted by Gasteiger charge is 2.26. The Morgan fingerprint density at radius 3 is 2.58 bits per heavy atom. The van der Waals surface area contributed by atoms with Crippen LogP contribution in [0, 0.1) is 5.92 Å². The van der Waals surface area contributed by atoms with Crippen molar-refractivity contribution in [3.05, 3.63) is 23.9 Å². The second-order valence-corrected chi connectivity index (χ2v) is 6.08. The molecule has 0 amide bonds. The number of aromatic nitrogens is 1. The second-order valence-electron chi connectivity index (χ2n) is 6.08. The second kappa shape index (κ2) is 6.38. The molecule has 1 heterocycles. The van der Waals surface area contributed by atoms with E-state index in [9.17, 15) is 5.11 Å². The van der Waals surface area contributed by atoms with Gasteiger partial charge in [-0.2, -0.15) is 0 Å². The lowest BCUT2D eigenvalue weighted by atomic mass is 10.1. The number of pyridine rings is 1. The topological polar surface area (TPSA) is 36.4 Å². The summed E-state index contributed by atoms with van der Waals surface area (Å²) >= 11 is 0. The van der Waals surface area contributed by atoms with Crippen molar-refractivity contribution in [2.45, 2.75) is 58.6 Å². The molecule has 1 aromatic heterocycles. The van der Waals surface area contributed by atoms with Gasteiger partial charge in [0.2, 0.25) is 0 Å². The summed E-state index contributed by atoms with van der Waals surface area (Å²) in [5.41, 5.74) is 0.954. The molecule has 0 spiro atoms. The lowest BCUT2D eigenvalue weighted by Crippen LogP contribution is -2.37. The van der Waals surface area contributed by atoms with E-state index in [1.165, 1.54) is 25.7 Å². The van der Waals surface area contributed by atoms with E-state index in [0.29, 0.717) is 12.0 Å². The monoisotopic (exact) mass is 262 g/mol. The van der Waals surface area contributed by atoms with Gasteiger partial charge < -0.3 is 10.0 Å². The zero-order valence-corrected chi connectivity index (χ0v) is 12.3. The van der Waals surface area contributed by atoms with Crippen LogP contribution in [0.4, 0.5) is 5.82 Å². The minimum atomic E-state index is -0.459. The highest BCUT2D eigenvalue weighted by atomic mass is 16.3. The van der Waals surface area contributed by atoms with Crippen molar-refractivity contribution >= 4 is 5.82 Å². The summed E-state index contributed by atoms with van der Waals surface area (Å²) in [6.07, 6.45) is 6.51. The Hall–Kier alpha value is -1.09. The van der Waals surface area contributed by atoms with Crippen LogP contribution >= 0.6 is 0 Å². The van der Waals surface area contributed by atoms with Gasteiger partial charge in [-0.1, -0.05) is 32.8 Å². The van der Waals surface area contributed by atoms with Gasteiger partial charge in [0.1, 0.15) is 5.82 Å². The fraction of sp³-hybridized carbons (Fsp3) is 0.688. The Labute approximate surface area is 116 Å². The van der Waals surface area contributed by atoms with Gasteiger partial charge in [-0.05, 0) is 31.7 Å². The minimum absolute atomic E-state index is 0.459. The van der Waals surface area contributed by atoms with Crippen molar-refractivity contribution in [2.75, 3.05) is 11.4 Å². The molecule has 3 heteroatoms. The summed E-state index contributed by atoms with van der Waals surface area (Å²) in [5.74, 6) is 1.59. The molecule has 1 unspecified atom stereocenters. The van der Waals surface area contributed by atoms with Gasteiger partial charge in [-0.25, -0.2) is 4.98 Å². The number of rotatable bonds is 5. The SMILES string of the molecule is CC(C)CN(c1ncccc1C(C)O)C1CCCC1. The molecule has 3 nitrogen and oxygen atoms in total. The number of nitrogens with zero attached hydrogens (tertiary/aromatic N) is 2. The predicted molar refractivity (Wildman–Crippen MR) is 79.3 cm³/mol. The fourth-order valence-corrected chi connectivity index (χ4v) is 2.99. The molecule has 1 atom stereocenters. The molecular formula is C16H26N2O. The molecule has 0 bridgehead atoms. The highest BCUT2D eigenvalue weighted by molar-refractivity contribution is 5.49. The van der Waals surface area contributed by atoms with E-state index < -0.39 is 6.10 Å². The van der Waals surface area contributed by atoms with Crippen molar-refractivity contribution in [1.82, 2.24) is 4.98 Å². The summed E-state index contributed by atoms with van der Waals surface area (Å²) < 4.78 is 0. The molecule has 1 N–H and O–H groups in total. The van der Waals surface area contributed by atoms with Gasteiger partial charge in [-0.15, -0.1) is 0 Å². The van der Waals surface area contributed by atoms with Crippen LogP contribution < -0.4 is 4.90 Å². The maximum Gasteiger partial charge on any atom is 0.134 e. The lowest BCUT2D eigenvalue weighted by molar-refractivity contribution is 0.199. The third-order valence-electron chi connectivity index (χ3n) is 3.87. The van der Waals surface area contributed by atoms with E-state index in [-0.39, 0.29) is 0 Å². The summed E-state index contributed by atoms with van der Waals surface area (Å²) in [5, 5.41) is 9.96. The quantitative estimate of drug-likeness (QED) is 0.881. The minimum Gasteiger partial charge on any atom is -0.389 e. The van der Waals surface area contributed by atoms with Crippen LogP contribution in [0.3, 0.4) is 0 Å². The molecule has 0 aromatic carbocycles. The average molecular weight is 262 g/mol. The van der Waals surface area contributed by atoms with Crippen LogP contribution in [0.15, 0.2) is 18.3 Å². The van der Waals surface area contributed by atoms with Crippen LogP contribution in [0.1, 0.15) is 58.1 Å². The molecule has 0 saturated heterocycles. The Kier molecular flexibility index (Phi) is 4.81. The molecule has 1 saturated carbocycles. The zero-order chi connectivity index (χ0) is 13.8. The molecule has 1 aliphatic rings. The van der Waals surface area contributed by atoms with E-state index in [4.69, 9.17) is 0 Å². The molecule has 106 valence electrons. The average Bonchev–Trinajstić information content (AvgIpc) is 2.89. The van der Waals surface area contributed by atoms with Gasteiger partial charge in [0, 0.05) is 24.3 Å². The smallest absolute Gasteiger partial charge is 0.134 e. The number of aliphatic hydroxyl groups is 1. The molecule has 2 rings (SSSR count). The molecule has 19 heavy (non-hydrogen) atoms. The summed E-state index contributed by atoms with van der Waals surface area (Å²) in [6.45, 7) is 7.32. The van der Waals surface area contributed by atoms with Gasteiger partial charge in [0.05, 0.1) is 6.10 Å². The molecule has 1 aromatic rings. The summed E-state index contributed by atoms with van der Waals surface area (Å²) in [4.78, 5) is 6.99.